The van der Waals surface area contributed by atoms with Crippen LogP contribution < -0.4 is 9.80 Å². The Morgan fingerprint density at radius 3 is 2.43 bits per heavy atom. The van der Waals surface area contributed by atoms with Crippen LogP contribution in [0.25, 0.3) is 0 Å². The van der Waals surface area contributed by atoms with Gasteiger partial charge in [0, 0.05) is 17.0 Å². The molecule has 1 aliphatic heterocycles. The molecule has 21 heavy (non-hydrogen) atoms. The van der Waals surface area contributed by atoms with Crippen LogP contribution in [0.15, 0.2) is 24.3 Å². The van der Waals surface area contributed by atoms with Gasteiger partial charge in [0.2, 0.25) is 0 Å². The lowest BCUT2D eigenvalue weighted by molar-refractivity contribution is -1.03. The minimum atomic E-state index is 0.842. The Bertz CT molecular complexity index is 437. The largest absolute Gasteiger partial charge is 0.323 e. The zero-order valence-electron chi connectivity index (χ0n) is 13.2. The van der Waals surface area contributed by atoms with Crippen molar-refractivity contribution in [2.45, 2.75) is 45.2 Å². The highest BCUT2D eigenvalue weighted by Gasteiger charge is 2.32. The predicted molar refractivity (Wildman–Crippen MR) is 88.0 cm³/mol. The molecule has 1 aromatic rings. The minimum absolute atomic E-state index is 0.842. The van der Waals surface area contributed by atoms with Gasteiger partial charge in [0.05, 0.1) is 6.04 Å². The molecule has 0 unspecified atom stereocenters. The molecule has 0 spiro atoms. The van der Waals surface area contributed by atoms with Crippen LogP contribution in [0.3, 0.4) is 0 Å². The Hall–Kier alpha value is -0.570. The van der Waals surface area contributed by atoms with E-state index in [9.17, 15) is 0 Å². The smallest absolute Gasteiger partial charge is 0.127 e. The molecule has 2 aliphatic rings. The molecule has 3 rings (SSSR count). The molecular formula is C18H29ClN2+2. The maximum atomic E-state index is 5.96. The fourth-order valence-electron chi connectivity index (χ4n) is 4.21. The normalized spacial score (nSPS) is 33.8. The number of nitrogens with one attached hydrogen (secondary N) is 2. The summed E-state index contributed by atoms with van der Waals surface area (Å²) in [5, 5.41) is 0.842. The van der Waals surface area contributed by atoms with E-state index in [1.807, 2.05) is 17.0 Å². The molecule has 116 valence electrons. The number of rotatable bonds is 3. The van der Waals surface area contributed by atoms with Gasteiger partial charge in [-0.25, -0.2) is 0 Å². The number of benzene rings is 1. The molecule has 2 nitrogen and oxygen atoms in total. The van der Waals surface area contributed by atoms with Crippen LogP contribution in [0.2, 0.25) is 5.02 Å². The van der Waals surface area contributed by atoms with E-state index in [1.165, 1.54) is 57.4 Å². The van der Waals surface area contributed by atoms with Crippen molar-refractivity contribution in [2.75, 3.05) is 26.2 Å². The second-order valence-electron chi connectivity index (χ2n) is 7.18. The van der Waals surface area contributed by atoms with Crippen molar-refractivity contribution in [3.63, 3.8) is 0 Å². The van der Waals surface area contributed by atoms with Crippen molar-refractivity contribution in [3.05, 3.63) is 34.9 Å². The number of piperazine rings is 1. The first-order valence-corrected chi connectivity index (χ1v) is 9.01. The van der Waals surface area contributed by atoms with Gasteiger partial charge >= 0.3 is 0 Å². The first kappa shape index (κ1) is 15.3. The van der Waals surface area contributed by atoms with E-state index in [2.05, 4.69) is 19.1 Å². The lowest BCUT2D eigenvalue weighted by Gasteiger charge is -2.37. The topological polar surface area (TPSA) is 8.88 Å². The molecular weight excluding hydrogens is 280 g/mol. The Labute approximate surface area is 134 Å². The lowest BCUT2D eigenvalue weighted by Crippen LogP contribution is -3.29. The fraction of sp³-hybridized carbons (Fsp3) is 0.667. The van der Waals surface area contributed by atoms with Crippen LogP contribution in [0.1, 0.15) is 38.2 Å². The van der Waals surface area contributed by atoms with Crippen LogP contribution in [-0.4, -0.2) is 32.2 Å². The van der Waals surface area contributed by atoms with Gasteiger partial charge in [-0.3, -0.25) is 0 Å². The average Bonchev–Trinajstić information content (AvgIpc) is 2.50. The van der Waals surface area contributed by atoms with Crippen molar-refractivity contribution in [2.24, 2.45) is 5.92 Å². The van der Waals surface area contributed by atoms with Crippen molar-refractivity contribution in [3.8, 4) is 0 Å². The summed E-state index contributed by atoms with van der Waals surface area (Å²) in [6, 6.07) is 9.34. The minimum Gasteiger partial charge on any atom is -0.323 e. The van der Waals surface area contributed by atoms with Gasteiger partial charge in [-0.2, -0.15) is 0 Å². The molecule has 0 aromatic heterocycles. The van der Waals surface area contributed by atoms with Gasteiger partial charge in [0.1, 0.15) is 32.7 Å². The van der Waals surface area contributed by atoms with Gasteiger partial charge in [0.15, 0.2) is 0 Å². The Kier molecular flexibility index (Phi) is 5.20. The molecule has 1 saturated carbocycles. The summed E-state index contributed by atoms with van der Waals surface area (Å²) in [7, 11) is 0. The maximum Gasteiger partial charge on any atom is 0.127 e. The van der Waals surface area contributed by atoms with Crippen LogP contribution in [0, 0.1) is 5.92 Å². The summed E-state index contributed by atoms with van der Waals surface area (Å²) in [6.45, 7) is 8.96. The van der Waals surface area contributed by atoms with Gasteiger partial charge in [-0.1, -0.05) is 37.1 Å². The second-order valence-corrected chi connectivity index (χ2v) is 7.62. The van der Waals surface area contributed by atoms with E-state index in [0.29, 0.717) is 0 Å². The van der Waals surface area contributed by atoms with Crippen molar-refractivity contribution < 1.29 is 9.80 Å². The zero-order chi connectivity index (χ0) is 14.7. The summed E-state index contributed by atoms with van der Waals surface area (Å²) >= 11 is 5.96. The van der Waals surface area contributed by atoms with Gasteiger partial charge < -0.3 is 9.80 Å². The molecule has 0 bridgehead atoms. The van der Waals surface area contributed by atoms with Crippen molar-refractivity contribution in [1.82, 2.24) is 0 Å². The third-order valence-electron chi connectivity index (χ3n) is 5.48. The van der Waals surface area contributed by atoms with Crippen molar-refractivity contribution >= 4 is 11.6 Å². The number of hydrogen-bond donors (Lipinski definition) is 2. The van der Waals surface area contributed by atoms with E-state index in [4.69, 9.17) is 11.6 Å². The van der Waals surface area contributed by atoms with E-state index < -0.39 is 0 Å². The molecule has 0 amide bonds. The number of halogens is 1. The molecule has 0 radical (unpaired) electrons. The van der Waals surface area contributed by atoms with E-state index >= 15 is 0 Å². The lowest BCUT2D eigenvalue weighted by atomic mass is 9.86. The molecule has 2 fully saturated rings. The molecule has 2 N–H and O–H groups in total. The highest BCUT2D eigenvalue weighted by molar-refractivity contribution is 6.30. The van der Waals surface area contributed by atoms with E-state index in [-0.39, 0.29) is 0 Å². The van der Waals surface area contributed by atoms with Gasteiger partial charge in [-0.05, 0) is 30.9 Å². The first-order valence-electron chi connectivity index (χ1n) is 8.63. The van der Waals surface area contributed by atoms with Crippen LogP contribution >= 0.6 is 11.6 Å². The summed E-state index contributed by atoms with van der Waals surface area (Å²) in [6.07, 6.45) is 5.84. The molecule has 2 atom stereocenters. The quantitative estimate of drug-likeness (QED) is 0.830. The summed E-state index contributed by atoms with van der Waals surface area (Å²) in [4.78, 5) is 3.63. The third kappa shape index (κ3) is 4.21. The Morgan fingerprint density at radius 2 is 1.76 bits per heavy atom. The standard InChI is InChI=1S/C18H27ClN2/c1-15-3-2-4-18(13-15)21-11-9-20(10-12-21)14-16-5-7-17(19)8-6-16/h5-8,15,18H,2-4,9-14H2,1H3/p+2/t15-,18-/m0/s1. The second kappa shape index (κ2) is 7.13. The molecule has 1 aliphatic carbocycles. The predicted octanol–water partition coefficient (Wildman–Crippen LogP) is 1.20. The van der Waals surface area contributed by atoms with Crippen LogP contribution in [0.5, 0.6) is 0 Å². The first-order chi connectivity index (χ1) is 10.2. The summed E-state index contributed by atoms with van der Waals surface area (Å²) < 4.78 is 0. The summed E-state index contributed by atoms with van der Waals surface area (Å²) in [5.74, 6) is 0.954. The number of hydrogen-bond acceptors (Lipinski definition) is 0. The van der Waals surface area contributed by atoms with Gasteiger partial charge in [-0.15, -0.1) is 0 Å². The van der Waals surface area contributed by atoms with Crippen LogP contribution in [0.4, 0.5) is 0 Å². The average molecular weight is 309 g/mol. The Balaban J connectivity index is 1.47. The molecule has 1 saturated heterocycles. The van der Waals surface area contributed by atoms with E-state index in [1.54, 1.807) is 4.90 Å². The molecule has 1 heterocycles. The molecule has 1 aromatic carbocycles. The summed E-state index contributed by atoms with van der Waals surface area (Å²) in [5.41, 5.74) is 1.42. The Morgan fingerprint density at radius 1 is 1.05 bits per heavy atom. The maximum absolute atomic E-state index is 5.96. The number of quaternary nitrogens is 2. The fourth-order valence-corrected chi connectivity index (χ4v) is 4.33. The zero-order valence-corrected chi connectivity index (χ0v) is 14.0. The van der Waals surface area contributed by atoms with Gasteiger partial charge in [0.25, 0.3) is 0 Å². The van der Waals surface area contributed by atoms with E-state index in [0.717, 1.165) is 23.5 Å². The monoisotopic (exact) mass is 308 g/mol. The third-order valence-corrected chi connectivity index (χ3v) is 5.73. The molecule has 3 heteroatoms. The highest BCUT2D eigenvalue weighted by Crippen LogP contribution is 2.21. The SMILES string of the molecule is C[C@H]1CCC[C@H]([NH+]2CC[NH+](Cc3ccc(Cl)cc3)CC2)C1. The van der Waals surface area contributed by atoms with Crippen molar-refractivity contribution in [1.29, 1.82) is 0 Å². The highest BCUT2D eigenvalue weighted by atomic mass is 35.5. The van der Waals surface area contributed by atoms with Crippen LogP contribution in [-0.2, 0) is 6.54 Å².